The number of nitrogens with zero attached hydrogens (tertiary/aromatic N) is 4. The molecule has 2 aliphatic rings. The zero-order valence-electron chi connectivity index (χ0n) is 13.8. The molecule has 3 rings (SSSR count). The molecule has 2 heterocycles. The van der Waals surface area contributed by atoms with Crippen LogP contribution >= 0.6 is 12.2 Å². The van der Waals surface area contributed by atoms with E-state index in [2.05, 4.69) is 10.4 Å². The van der Waals surface area contributed by atoms with E-state index in [4.69, 9.17) is 12.2 Å². The number of nitrogens with one attached hydrogen (secondary N) is 1. The topological polar surface area (TPSA) is 51.2 Å². The first-order valence-corrected chi connectivity index (χ1v) is 8.50. The highest BCUT2D eigenvalue weighted by molar-refractivity contribution is 7.80. The van der Waals surface area contributed by atoms with Crippen LogP contribution in [-0.4, -0.2) is 57.6 Å². The third-order valence-electron chi connectivity index (χ3n) is 4.21. The number of carbonyl (C=O) groups excluding carboxylic acids is 1. The predicted molar refractivity (Wildman–Crippen MR) is 99.3 cm³/mol. The first-order valence-electron chi connectivity index (χ1n) is 8.10. The molecule has 24 heavy (non-hydrogen) atoms. The first kappa shape index (κ1) is 16.4. The molecule has 0 saturated carbocycles. The number of hydrogen-bond acceptors (Lipinski definition) is 3. The lowest BCUT2D eigenvalue weighted by atomic mass is 10.2. The third-order valence-corrected chi connectivity index (χ3v) is 4.51. The third kappa shape index (κ3) is 2.87. The second-order valence-electron chi connectivity index (χ2n) is 5.54. The van der Waals surface area contributed by atoms with Gasteiger partial charge in [0, 0.05) is 19.3 Å². The monoisotopic (exact) mass is 343 g/mol. The number of likely N-dealkylation sites (N-methyl/N-ethyl adjacent to an activating group) is 2. The van der Waals surface area contributed by atoms with Gasteiger partial charge in [-0.2, -0.15) is 5.10 Å². The van der Waals surface area contributed by atoms with Crippen molar-refractivity contribution in [3.05, 3.63) is 42.0 Å². The second-order valence-corrected chi connectivity index (χ2v) is 5.93. The summed E-state index contributed by atoms with van der Waals surface area (Å²) in [6.45, 7) is 5.18. The molecule has 0 spiro atoms. The van der Waals surface area contributed by atoms with E-state index in [9.17, 15) is 4.79 Å². The van der Waals surface area contributed by atoms with E-state index in [-0.39, 0.29) is 18.4 Å². The summed E-state index contributed by atoms with van der Waals surface area (Å²) < 4.78 is 0. The van der Waals surface area contributed by atoms with Crippen LogP contribution in [0.1, 0.15) is 19.4 Å². The van der Waals surface area contributed by atoms with E-state index in [0.717, 1.165) is 5.56 Å². The standard InChI is InChI=1S/C17H21N5OS/c1-3-20-14-15(21(4-2)17(20)23)22(16(24)19-14)18-12-8-11-13-9-6-5-7-10-13/h5-12,14-15H,3-4H2,1-2H3,(H,19,24)/b11-8+,18-12+. The lowest BCUT2D eigenvalue weighted by Gasteiger charge is -2.25. The van der Waals surface area contributed by atoms with E-state index in [0.29, 0.717) is 18.2 Å². The molecule has 0 aliphatic carbocycles. The molecule has 126 valence electrons. The normalized spacial score (nSPS) is 23.7. The van der Waals surface area contributed by atoms with Crippen molar-refractivity contribution >= 4 is 35.7 Å². The molecule has 1 aromatic rings. The van der Waals surface area contributed by atoms with Gasteiger partial charge < -0.3 is 10.2 Å². The molecule has 2 fully saturated rings. The van der Waals surface area contributed by atoms with E-state index >= 15 is 0 Å². The van der Waals surface area contributed by atoms with Crippen molar-refractivity contribution in [3.8, 4) is 0 Å². The van der Waals surface area contributed by atoms with Crippen LogP contribution in [0.25, 0.3) is 6.08 Å². The highest BCUT2D eigenvalue weighted by Gasteiger charge is 2.53. The molecule has 0 radical (unpaired) electrons. The highest BCUT2D eigenvalue weighted by atomic mass is 32.1. The molecular weight excluding hydrogens is 322 g/mol. The number of fused-ring (bicyclic) bond motifs is 1. The highest BCUT2D eigenvalue weighted by Crippen LogP contribution is 2.28. The van der Waals surface area contributed by atoms with Crippen molar-refractivity contribution in [1.29, 1.82) is 0 Å². The number of urea groups is 1. The fraction of sp³-hybridized carbons (Fsp3) is 0.353. The Balaban J connectivity index is 1.75. The number of allylic oxidation sites excluding steroid dienone is 1. The molecular formula is C17H21N5OS. The zero-order chi connectivity index (χ0) is 17.1. The molecule has 2 saturated heterocycles. The molecule has 6 nitrogen and oxygen atoms in total. The van der Waals surface area contributed by atoms with E-state index in [1.807, 2.05) is 56.3 Å². The van der Waals surface area contributed by atoms with Crippen LogP contribution in [0, 0.1) is 0 Å². The Morgan fingerprint density at radius 2 is 1.92 bits per heavy atom. The first-order chi connectivity index (χ1) is 11.7. The zero-order valence-corrected chi connectivity index (χ0v) is 14.6. The Morgan fingerprint density at radius 1 is 1.21 bits per heavy atom. The number of amides is 2. The Morgan fingerprint density at radius 3 is 2.58 bits per heavy atom. The van der Waals surface area contributed by atoms with Gasteiger partial charge >= 0.3 is 6.03 Å². The molecule has 2 aliphatic heterocycles. The fourth-order valence-electron chi connectivity index (χ4n) is 3.06. The fourth-order valence-corrected chi connectivity index (χ4v) is 3.34. The van der Waals surface area contributed by atoms with Gasteiger partial charge in [-0.25, -0.2) is 9.80 Å². The minimum atomic E-state index is -0.198. The van der Waals surface area contributed by atoms with Crippen molar-refractivity contribution in [2.75, 3.05) is 13.1 Å². The van der Waals surface area contributed by atoms with Crippen LogP contribution in [0.3, 0.4) is 0 Å². The Hall–Kier alpha value is -2.41. The average Bonchev–Trinajstić information content (AvgIpc) is 3.04. The number of rotatable bonds is 5. The minimum Gasteiger partial charge on any atom is -0.337 e. The molecule has 2 unspecified atom stereocenters. The summed E-state index contributed by atoms with van der Waals surface area (Å²) in [7, 11) is 0. The summed E-state index contributed by atoms with van der Waals surface area (Å²) in [5.41, 5.74) is 1.10. The summed E-state index contributed by atoms with van der Waals surface area (Å²) in [6.07, 6.45) is 5.21. The lowest BCUT2D eigenvalue weighted by molar-refractivity contribution is 0.157. The smallest absolute Gasteiger partial charge is 0.323 e. The Kier molecular flexibility index (Phi) is 4.80. The van der Waals surface area contributed by atoms with Crippen molar-refractivity contribution in [1.82, 2.24) is 20.1 Å². The summed E-state index contributed by atoms with van der Waals surface area (Å²) in [5.74, 6) is 0. The number of thiocarbonyl (C=S) groups is 1. The molecule has 0 bridgehead atoms. The SMILES string of the molecule is CCN1C(=O)N(CC)C2C1NC(=S)N2/N=C/C=C/c1ccccc1. The summed E-state index contributed by atoms with van der Waals surface area (Å²) >= 11 is 5.39. The van der Waals surface area contributed by atoms with Crippen LogP contribution < -0.4 is 5.32 Å². The summed E-state index contributed by atoms with van der Waals surface area (Å²) in [5, 5.41) is 9.92. The lowest BCUT2D eigenvalue weighted by Crippen LogP contribution is -2.43. The van der Waals surface area contributed by atoms with Crippen LogP contribution in [-0.2, 0) is 0 Å². The van der Waals surface area contributed by atoms with Crippen molar-refractivity contribution in [3.63, 3.8) is 0 Å². The molecule has 7 heteroatoms. The van der Waals surface area contributed by atoms with E-state index in [1.165, 1.54) is 0 Å². The molecule has 1 N–H and O–H groups in total. The molecule has 0 aromatic heterocycles. The maximum atomic E-state index is 12.4. The van der Waals surface area contributed by atoms with Gasteiger partial charge in [-0.3, -0.25) is 4.90 Å². The average molecular weight is 343 g/mol. The van der Waals surface area contributed by atoms with Gasteiger partial charge in [-0.1, -0.05) is 36.4 Å². The summed E-state index contributed by atoms with van der Waals surface area (Å²) in [6, 6.07) is 10.0. The van der Waals surface area contributed by atoms with Gasteiger partial charge in [0.1, 0.15) is 6.17 Å². The quantitative estimate of drug-likeness (QED) is 0.658. The van der Waals surface area contributed by atoms with Crippen LogP contribution in [0.15, 0.2) is 41.5 Å². The van der Waals surface area contributed by atoms with Gasteiger partial charge in [-0.05, 0) is 37.7 Å². The summed E-state index contributed by atoms with van der Waals surface area (Å²) in [4.78, 5) is 16.0. The van der Waals surface area contributed by atoms with Crippen molar-refractivity contribution in [2.24, 2.45) is 5.10 Å². The Bertz CT molecular complexity index is 675. The second kappa shape index (κ2) is 7.00. The molecule has 2 atom stereocenters. The van der Waals surface area contributed by atoms with Gasteiger partial charge in [-0.15, -0.1) is 0 Å². The largest absolute Gasteiger partial charge is 0.337 e. The van der Waals surface area contributed by atoms with Gasteiger partial charge in [0.25, 0.3) is 0 Å². The van der Waals surface area contributed by atoms with Gasteiger partial charge in [0.05, 0.1) is 0 Å². The number of hydrazone groups is 1. The maximum absolute atomic E-state index is 12.4. The predicted octanol–water partition coefficient (Wildman–Crippen LogP) is 2.31. The molecule has 1 aromatic carbocycles. The number of benzene rings is 1. The van der Waals surface area contributed by atoms with E-state index < -0.39 is 0 Å². The van der Waals surface area contributed by atoms with Crippen LogP contribution in [0.5, 0.6) is 0 Å². The molecule has 2 amide bonds. The van der Waals surface area contributed by atoms with Crippen molar-refractivity contribution < 1.29 is 4.79 Å². The number of hydrogen-bond donors (Lipinski definition) is 1. The van der Waals surface area contributed by atoms with Gasteiger partial charge in [0.2, 0.25) is 0 Å². The van der Waals surface area contributed by atoms with Crippen LogP contribution in [0.4, 0.5) is 4.79 Å². The van der Waals surface area contributed by atoms with E-state index in [1.54, 1.807) is 21.0 Å². The van der Waals surface area contributed by atoms with Crippen LogP contribution in [0.2, 0.25) is 0 Å². The van der Waals surface area contributed by atoms with Crippen molar-refractivity contribution in [2.45, 2.75) is 26.2 Å². The minimum absolute atomic E-state index is 0.0185. The van der Waals surface area contributed by atoms with Gasteiger partial charge in [0.15, 0.2) is 11.3 Å². The Labute approximate surface area is 147 Å². The number of carbonyl (C=O) groups is 1. The maximum Gasteiger partial charge on any atom is 0.323 e.